The smallest absolute Gasteiger partial charge is 0.273 e. The van der Waals surface area contributed by atoms with Gasteiger partial charge in [0.25, 0.3) is 11.6 Å². The zero-order valence-corrected chi connectivity index (χ0v) is 13.1. The lowest BCUT2D eigenvalue weighted by molar-refractivity contribution is -0.385. The number of hydrogen-bond acceptors (Lipinski definition) is 3. The molecular weight excluding hydrogens is 336 g/mol. The fourth-order valence-electron chi connectivity index (χ4n) is 1.91. The molecule has 1 amide bonds. The van der Waals surface area contributed by atoms with Gasteiger partial charge in [-0.05, 0) is 43.7 Å². The molecular formula is C15H13BrN2O3. The van der Waals surface area contributed by atoms with Gasteiger partial charge >= 0.3 is 0 Å². The van der Waals surface area contributed by atoms with Gasteiger partial charge in [0.2, 0.25) is 0 Å². The molecule has 0 radical (unpaired) electrons. The maximum Gasteiger partial charge on any atom is 0.273 e. The van der Waals surface area contributed by atoms with Crippen molar-refractivity contribution in [2.45, 2.75) is 13.8 Å². The average molecular weight is 349 g/mol. The molecule has 1 N–H and O–H groups in total. The molecule has 2 aromatic carbocycles. The van der Waals surface area contributed by atoms with Crippen molar-refractivity contribution in [3.8, 4) is 0 Å². The summed E-state index contributed by atoms with van der Waals surface area (Å²) in [5.41, 5.74) is 2.30. The van der Waals surface area contributed by atoms with Gasteiger partial charge in [-0.3, -0.25) is 14.9 Å². The molecule has 2 aromatic rings. The number of rotatable bonds is 3. The van der Waals surface area contributed by atoms with Crippen LogP contribution in [0.25, 0.3) is 0 Å². The first kappa shape index (κ1) is 15.2. The van der Waals surface area contributed by atoms with E-state index in [-0.39, 0.29) is 17.2 Å². The molecule has 0 spiro atoms. The molecule has 0 saturated heterocycles. The highest BCUT2D eigenvalue weighted by molar-refractivity contribution is 9.10. The monoisotopic (exact) mass is 348 g/mol. The van der Waals surface area contributed by atoms with Crippen LogP contribution in [-0.2, 0) is 0 Å². The van der Waals surface area contributed by atoms with Crippen LogP contribution >= 0.6 is 15.9 Å². The van der Waals surface area contributed by atoms with Gasteiger partial charge in [0.05, 0.1) is 4.92 Å². The number of nitro groups is 1. The molecule has 0 saturated carbocycles. The Morgan fingerprint density at radius 2 is 1.86 bits per heavy atom. The van der Waals surface area contributed by atoms with Crippen LogP contribution < -0.4 is 5.32 Å². The third kappa shape index (κ3) is 3.46. The second-order valence-corrected chi connectivity index (χ2v) is 5.59. The highest BCUT2D eigenvalue weighted by atomic mass is 79.9. The summed E-state index contributed by atoms with van der Waals surface area (Å²) in [5.74, 6) is -0.372. The first-order valence-corrected chi connectivity index (χ1v) is 7.00. The summed E-state index contributed by atoms with van der Waals surface area (Å²) in [6, 6.07) is 9.92. The van der Waals surface area contributed by atoms with E-state index in [9.17, 15) is 14.9 Å². The Bertz CT molecular complexity index is 729. The highest BCUT2D eigenvalue weighted by Crippen LogP contribution is 2.23. The molecule has 108 valence electrons. The Morgan fingerprint density at radius 3 is 2.48 bits per heavy atom. The van der Waals surface area contributed by atoms with E-state index in [2.05, 4.69) is 21.2 Å². The maximum atomic E-state index is 12.2. The second kappa shape index (κ2) is 6.05. The van der Waals surface area contributed by atoms with E-state index >= 15 is 0 Å². The summed E-state index contributed by atoms with van der Waals surface area (Å²) < 4.78 is 0.920. The number of nitro benzene ring substituents is 1. The number of halogens is 1. The van der Waals surface area contributed by atoms with Gasteiger partial charge in [-0.15, -0.1) is 0 Å². The Hall–Kier alpha value is -2.21. The minimum Gasteiger partial charge on any atom is -0.322 e. The molecule has 5 nitrogen and oxygen atoms in total. The summed E-state index contributed by atoms with van der Waals surface area (Å²) >= 11 is 3.35. The standard InChI is InChI=1S/C15H13BrN2O3/c1-9-3-4-11(8-14(9)18(20)21)15(19)17-13-6-5-12(16)7-10(13)2/h3-8H,1-2H3,(H,17,19). The van der Waals surface area contributed by atoms with Crippen molar-refractivity contribution in [2.24, 2.45) is 0 Å². The van der Waals surface area contributed by atoms with Crippen LogP contribution in [0.4, 0.5) is 11.4 Å². The second-order valence-electron chi connectivity index (χ2n) is 4.67. The Kier molecular flexibility index (Phi) is 4.37. The van der Waals surface area contributed by atoms with Gasteiger partial charge in [0.15, 0.2) is 0 Å². The van der Waals surface area contributed by atoms with Crippen molar-refractivity contribution < 1.29 is 9.72 Å². The van der Waals surface area contributed by atoms with E-state index in [1.54, 1.807) is 25.1 Å². The quantitative estimate of drug-likeness (QED) is 0.666. The predicted octanol–water partition coefficient (Wildman–Crippen LogP) is 4.23. The molecule has 21 heavy (non-hydrogen) atoms. The van der Waals surface area contributed by atoms with Crippen LogP contribution in [0.2, 0.25) is 0 Å². The minimum absolute atomic E-state index is 0.0600. The number of aryl methyl sites for hydroxylation is 2. The molecule has 0 atom stereocenters. The average Bonchev–Trinajstić information content (AvgIpc) is 2.42. The topological polar surface area (TPSA) is 72.2 Å². The lowest BCUT2D eigenvalue weighted by Crippen LogP contribution is -2.13. The molecule has 6 heteroatoms. The summed E-state index contributed by atoms with van der Waals surface area (Å²) in [4.78, 5) is 22.6. The normalized spacial score (nSPS) is 10.2. The molecule has 0 unspecified atom stereocenters. The number of hydrogen-bond donors (Lipinski definition) is 1. The van der Waals surface area contributed by atoms with Gasteiger partial charge in [-0.25, -0.2) is 0 Å². The van der Waals surface area contributed by atoms with Crippen molar-refractivity contribution in [1.29, 1.82) is 0 Å². The SMILES string of the molecule is Cc1cc(Br)ccc1NC(=O)c1ccc(C)c([N+](=O)[O-])c1. The van der Waals surface area contributed by atoms with Crippen LogP contribution in [-0.4, -0.2) is 10.8 Å². The van der Waals surface area contributed by atoms with Crippen molar-refractivity contribution in [3.05, 3.63) is 67.7 Å². The van der Waals surface area contributed by atoms with E-state index < -0.39 is 4.92 Å². The Labute approximate surface area is 130 Å². The lowest BCUT2D eigenvalue weighted by atomic mass is 10.1. The largest absolute Gasteiger partial charge is 0.322 e. The molecule has 0 heterocycles. The van der Waals surface area contributed by atoms with Crippen LogP contribution in [0.3, 0.4) is 0 Å². The molecule has 0 aromatic heterocycles. The fourth-order valence-corrected chi connectivity index (χ4v) is 2.38. The molecule has 0 fully saturated rings. The van der Waals surface area contributed by atoms with E-state index in [1.807, 2.05) is 19.1 Å². The number of benzene rings is 2. The van der Waals surface area contributed by atoms with E-state index in [0.29, 0.717) is 11.3 Å². The predicted molar refractivity (Wildman–Crippen MR) is 84.7 cm³/mol. The third-order valence-electron chi connectivity index (χ3n) is 3.10. The lowest BCUT2D eigenvalue weighted by Gasteiger charge is -2.09. The van der Waals surface area contributed by atoms with E-state index in [4.69, 9.17) is 0 Å². The minimum atomic E-state index is -0.489. The van der Waals surface area contributed by atoms with Crippen LogP contribution in [0.1, 0.15) is 21.5 Å². The Balaban J connectivity index is 2.28. The summed E-state index contributed by atoms with van der Waals surface area (Å²) in [6.07, 6.45) is 0. The number of amides is 1. The molecule has 2 rings (SSSR count). The molecule has 0 aliphatic carbocycles. The van der Waals surface area contributed by atoms with Crippen molar-refractivity contribution in [1.82, 2.24) is 0 Å². The summed E-state index contributed by atoms with van der Waals surface area (Å²) in [7, 11) is 0. The van der Waals surface area contributed by atoms with Crippen LogP contribution in [0, 0.1) is 24.0 Å². The molecule has 0 aliphatic heterocycles. The van der Waals surface area contributed by atoms with Gasteiger partial charge in [0.1, 0.15) is 0 Å². The maximum absolute atomic E-state index is 12.2. The first-order chi connectivity index (χ1) is 9.88. The van der Waals surface area contributed by atoms with Crippen molar-refractivity contribution in [2.75, 3.05) is 5.32 Å². The number of carbonyl (C=O) groups is 1. The summed E-state index contributed by atoms with van der Waals surface area (Å²) in [5, 5.41) is 13.7. The molecule has 0 aliphatic rings. The van der Waals surface area contributed by atoms with Crippen molar-refractivity contribution in [3.63, 3.8) is 0 Å². The number of nitrogens with one attached hydrogen (secondary N) is 1. The van der Waals surface area contributed by atoms with Gasteiger partial charge in [-0.1, -0.05) is 22.0 Å². The fraction of sp³-hybridized carbons (Fsp3) is 0.133. The van der Waals surface area contributed by atoms with Gasteiger partial charge in [-0.2, -0.15) is 0 Å². The zero-order chi connectivity index (χ0) is 15.6. The third-order valence-corrected chi connectivity index (χ3v) is 3.60. The number of carbonyl (C=O) groups excluding carboxylic acids is 1. The van der Waals surface area contributed by atoms with E-state index in [0.717, 1.165) is 10.0 Å². The summed E-state index contributed by atoms with van der Waals surface area (Å²) in [6.45, 7) is 3.51. The van der Waals surface area contributed by atoms with E-state index in [1.165, 1.54) is 6.07 Å². The number of anilines is 1. The Morgan fingerprint density at radius 1 is 1.14 bits per heavy atom. The highest BCUT2D eigenvalue weighted by Gasteiger charge is 2.15. The van der Waals surface area contributed by atoms with Gasteiger partial charge in [0, 0.05) is 27.4 Å². The number of nitrogens with zero attached hydrogens (tertiary/aromatic N) is 1. The first-order valence-electron chi connectivity index (χ1n) is 6.21. The van der Waals surface area contributed by atoms with Crippen molar-refractivity contribution >= 4 is 33.2 Å². The van der Waals surface area contributed by atoms with Crippen LogP contribution in [0.15, 0.2) is 40.9 Å². The van der Waals surface area contributed by atoms with Crippen LogP contribution in [0.5, 0.6) is 0 Å². The molecule has 0 bridgehead atoms. The van der Waals surface area contributed by atoms with Gasteiger partial charge < -0.3 is 5.32 Å². The zero-order valence-electron chi connectivity index (χ0n) is 11.5.